The summed E-state index contributed by atoms with van der Waals surface area (Å²) in [5.74, 6) is 3.27. The van der Waals surface area contributed by atoms with Crippen molar-refractivity contribution in [3.8, 4) is 44.5 Å². The highest BCUT2D eigenvalue weighted by Gasteiger charge is 2.61. The Morgan fingerprint density at radius 1 is 0.375 bits per heavy atom. The molecule has 0 amide bonds. The number of anilines is 3. The topological polar surface area (TPSA) is 3.24 Å². The summed E-state index contributed by atoms with van der Waals surface area (Å²) in [6, 6.07) is 62.3. The predicted octanol–water partition coefficient (Wildman–Crippen LogP) is 14.5. The molecule has 0 atom stereocenters. The first-order valence-corrected chi connectivity index (χ1v) is 21.0. The Balaban J connectivity index is 1.05. The van der Waals surface area contributed by atoms with E-state index in [9.17, 15) is 0 Å². The van der Waals surface area contributed by atoms with Crippen LogP contribution in [0.1, 0.15) is 68.2 Å². The molecule has 0 N–H and O–H groups in total. The first-order valence-electron chi connectivity index (χ1n) is 21.0. The van der Waals surface area contributed by atoms with Crippen LogP contribution in [-0.4, -0.2) is 0 Å². The number of benzene rings is 7. The van der Waals surface area contributed by atoms with E-state index in [2.05, 4.69) is 183 Å². The zero-order chi connectivity index (χ0) is 37.2. The van der Waals surface area contributed by atoms with E-state index in [4.69, 9.17) is 0 Å². The van der Waals surface area contributed by atoms with Crippen molar-refractivity contribution in [2.75, 3.05) is 4.90 Å². The smallest absolute Gasteiger partial charge is 0.0468 e. The van der Waals surface area contributed by atoms with Crippen LogP contribution in [0, 0.1) is 23.7 Å². The quantitative estimate of drug-likeness (QED) is 0.171. The second-order valence-corrected chi connectivity index (χ2v) is 18.2. The van der Waals surface area contributed by atoms with Gasteiger partial charge in [0.15, 0.2) is 0 Å². The number of hydrogen-bond donors (Lipinski definition) is 0. The lowest BCUT2D eigenvalue weighted by Crippen LogP contribution is -2.55. The Labute approximate surface area is 331 Å². The lowest BCUT2D eigenvalue weighted by atomic mass is 9.43. The normalized spacial score (nSPS) is 24.1. The molecule has 0 aromatic heterocycles. The zero-order valence-electron chi connectivity index (χ0n) is 32.4. The second kappa shape index (κ2) is 11.9. The SMILES string of the molecule is CC1(C)c2ccccc2-c2ccc(N(c3ccc(-c4ccccc4)cc3)c3ccc4c(c3)-c3ccc(-c5ccccc5)cc3C43C4CC5CC(C4)CC3C5)cc21. The summed E-state index contributed by atoms with van der Waals surface area (Å²) in [6.07, 6.45) is 7.01. The molecular weight excluding hydrogens is 675 g/mol. The fourth-order valence-electron chi connectivity index (χ4n) is 12.9. The van der Waals surface area contributed by atoms with Gasteiger partial charge in [0.25, 0.3) is 0 Å². The molecule has 6 aliphatic carbocycles. The maximum absolute atomic E-state index is 2.62. The summed E-state index contributed by atoms with van der Waals surface area (Å²) >= 11 is 0. The summed E-state index contributed by atoms with van der Waals surface area (Å²) in [4.78, 5) is 2.52. The van der Waals surface area contributed by atoms with Crippen LogP contribution < -0.4 is 4.90 Å². The molecule has 4 bridgehead atoms. The molecule has 4 fully saturated rings. The summed E-state index contributed by atoms with van der Waals surface area (Å²) in [5.41, 5.74) is 20.4. The highest BCUT2D eigenvalue weighted by molar-refractivity contribution is 5.90. The van der Waals surface area contributed by atoms with Crippen molar-refractivity contribution < 1.29 is 0 Å². The van der Waals surface area contributed by atoms with Crippen LogP contribution in [0.4, 0.5) is 17.1 Å². The minimum Gasteiger partial charge on any atom is -0.310 e. The van der Waals surface area contributed by atoms with E-state index in [0.29, 0.717) is 0 Å². The first-order chi connectivity index (χ1) is 27.5. The molecule has 6 aliphatic rings. The lowest BCUT2D eigenvalue weighted by molar-refractivity contribution is -0.0399. The number of fused-ring (bicyclic) bond motifs is 6. The van der Waals surface area contributed by atoms with E-state index in [1.54, 1.807) is 11.1 Å². The molecule has 1 spiro atoms. The van der Waals surface area contributed by atoms with Gasteiger partial charge in [-0.05, 0) is 165 Å². The van der Waals surface area contributed by atoms with Gasteiger partial charge < -0.3 is 4.90 Å². The van der Waals surface area contributed by atoms with Crippen LogP contribution in [0.25, 0.3) is 44.5 Å². The van der Waals surface area contributed by atoms with E-state index < -0.39 is 0 Å². The average molecular weight is 722 g/mol. The standard InChI is InChI=1S/C55H47N/c1-54(2)50-16-10-9-15-46(50)47-25-22-45(34-52(47)54)56(43-20-17-39(18-21-43)37-11-5-3-6-12-37)44-23-26-51-49(33-44)48-24-19-40(38-13-7-4-8-14-38)32-53(48)55(51)41-28-35-27-36(30-41)31-42(55)29-35/h3-26,32-36,41-42H,27-31H2,1-2H3. The third kappa shape index (κ3) is 4.55. The minimum absolute atomic E-state index is 0.0794. The third-order valence-corrected chi connectivity index (χ3v) is 15.1. The third-order valence-electron chi connectivity index (χ3n) is 15.1. The van der Waals surface area contributed by atoms with Gasteiger partial charge in [0.05, 0.1) is 0 Å². The lowest BCUT2D eigenvalue weighted by Gasteiger charge is -2.61. The molecule has 7 aromatic rings. The summed E-state index contributed by atoms with van der Waals surface area (Å²) in [7, 11) is 0. The Bertz CT molecular complexity index is 2640. The largest absolute Gasteiger partial charge is 0.310 e. The molecule has 1 nitrogen and oxygen atoms in total. The van der Waals surface area contributed by atoms with Crippen LogP contribution in [-0.2, 0) is 10.8 Å². The molecule has 0 unspecified atom stereocenters. The summed E-state index contributed by atoms with van der Waals surface area (Å²) in [6.45, 7) is 4.78. The fourth-order valence-corrected chi connectivity index (χ4v) is 12.9. The molecule has 7 aromatic carbocycles. The molecule has 4 saturated carbocycles. The maximum atomic E-state index is 2.62. The molecule has 13 rings (SSSR count). The van der Waals surface area contributed by atoms with E-state index >= 15 is 0 Å². The van der Waals surface area contributed by atoms with Gasteiger partial charge in [-0.2, -0.15) is 0 Å². The molecule has 0 saturated heterocycles. The summed E-state index contributed by atoms with van der Waals surface area (Å²) in [5, 5.41) is 0. The van der Waals surface area contributed by atoms with Crippen molar-refractivity contribution in [2.45, 2.75) is 56.8 Å². The first kappa shape index (κ1) is 32.6. The van der Waals surface area contributed by atoms with Crippen LogP contribution >= 0.6 is 0 Å². The molecular formula is C55H47N. The molecule has 0 heterocycles. The van der Waals surface area contributed by atoms with E-state index in [1.165, 1.54) is 105 Å². The van der Waals surface area contributed by atoms with E-state index in [0.717, 1.165) is 23.7 Å². The minimum atomic E-state index is -0.0794. The Kier molecular flexibility index (Phi) is 6.93. The van der Waals surface area contributed by atoms with Crippen molar-refractivity contribution in [1.82, 2.24) is 0 Å². The van der Waals surface area contributed by atoms with Crippen LogP contribution in [0.2, 0.25) is 0 Å². The van der Waals surface area contributed by atoms with Gasteiger partial charge >= 0.3 is 0 Å². The highest BCUT2D eigenvalue weighted by Crippen LogP contribution is 2.70. The number of rotatable bonds is 5. The van der Waals surface area contributed by atoms with Crippen molar-refractivity contribution >= 4 is 17.1 Å². The molecule has 272 valence electrons. The number of hydrogen-bond acceptors (Lipinski definition) is 1. The van der Waals surface area contributed by atoms with Crippen LogP contribution in [0.5, 0.6) is 0 Å². The molecule has 1 heteroatoms. The van der Waals surface area contributed by atoms with Crippen molar-refractivity contribution in [3.05, 3.63) is 186 Å². The van der Waals surface area contributed by atoms with Gasteiger partial charge in [-0.3, -0.25) is 0 Å². The molecule has 56 heavy (non-hydrogen) atoms. The zero-order valence-corrected chi connectivity index (χ0v) is 32.4. The van der Waals surface area contributed by atoms with Gasteiger partial charge in [0.2, 0.25) is 0 Å². The Hall–Kier alpha value is -5.66. The molecule has 0 radical (unpaired) electrons. The van der Waals surface area contributed by atoms with Gasteiger partial charge in [-0.1, -0.05) is 135 Å². The Morgan fingerprint density at radius 2 is 0.893 bits per heavy atom. The van der Waals surface area contributed by atoms with E-state index in [1.807, 2.05) is 0 Å². The van der Waals surface area contributed by atoms with Gasteiger partial charge in [-0.15, -0.1) is 0 Å². The number of nitrogens with zero attached hydrogens (tertiary/aromatic N) is 1. The average Bonchev–Trinajstić information content (AvgIpc) is 3.65. The second-order valence-electron chi connectivity index (χ2n) is 18.2. The van der Waals surface area contributed by atoms with Gasteiger partial charge in [-0.25, -0.2) is 0 Å². The van der Waals surface area contributed by atoms with Gasteiger partial charge in [0, 0.05) is 27.9 Å². The maximum Gasteiger partial charge on any atom is 0.0468 e. The molecule has 0 aliphatic heterocycles. The van der Waals surface area contributed by atoms with Crippen LogP contribution in [0.15, 0.2) is 164 Å². The van der Waals surface area contributed by atoms with Crippen molar-refractivity contribution in [1.29, 1.82) is 0 Å². The Morgan fingerprint density at radius 3 is 1.61 bits per heavy atom. The van der Waals surface area contributed by atoms with Crippen LogP contribution in [0.3, 0.4) is 0 Å². The highest BCUT2D eigenvalue weighted by atomic mass is 15.1. The monoisotopic (exact) mass is 721 g/mol. The van der Waals surface area contributed by atoms with Crippen molar-refractivity contribution in [2.24, 2.45) is 23.7 Å². The van der Waals surface area contributed by atoms with Crippen molar-refractivity contribution in [3.63, 3.8) is 0 Å². The fraction of sp³-hybridized carbons (Fsp3) is 0.236. The summed E-state index contributed by atoms with van der Waals surface area (Å²) < 4.78 is 0. The van der Waals surface area contributed by atoms with Gasteiger partial charge in [0.1, 0.15) is 0 Å². The van der Waals surface area contributed by atoms with E-state index in [-0.39, 0.29) is 10.8 Å². The predicted molar refractivity (Wildman–Crippen MR) is 233 cm³/mol.